The van der Waals surface area contributed by atoms with E-state index in [2.05, 4.69) is 15.3 Å². The van der Waals surface area contributed by atoms with Crippen LogP contribution < -0.4 is 5.32 Å². The normalized spacial score (nSPS) is 24.8. The van der Waals surface area contributed by atoms with E-state index in [4.69, 9.17) is 0 Å². The number of nitrogens with one attached hydrogen (secondary N) is 1. The average Bonchev–Trinajstić information content (AvgIpc) is 2.95. The summed E-state index contributed by atoms with van der Waals surface area (Å²) < 4.78 is 0. The van der Waals surface area contributed by atoms with E-state index in [1.54, 1.807) is 17.5 Å². The average molecular weight is 257 g/mol. The Balaban J connectivity index is 1.88. The Morgan fingerprint density at radius 3 is 3.28 bits per heavy atom. The Morgan fingerprint density at radius 2 is 2.33 bits per heavy atom. The lowest BCUT2D eigenvalue weighted by Gasteiger charge is -2.30. The summed E-state index contributed by atoms with van der Waals surface area (Å²) >= 11 is 1.65. The number of anilines is 1. The second-order valence-electron chi connectivity index (χ2n) is 4.83. The number of fused-ring (bicyclic) bond motifs is 3. The van der Waals surface area contributed by atoms with Gasteiger partial charge in [-0.1, -0.05) is 6.07 Å². The lowest BCUT2D eigenvalue weighted by Crippen LogP contribution is -2.39. The van der Waals surface area contributed by atoms with Gasteiger partial charge in [-0.3, -0.25) is 4.79 Å². The maximum Gasteiger partial charge on any atom is 0.236 e. The predicted octanol–water partition coefficient (Wildman–Crippen LogP) is 1.92. The highest BCUT2D eigenvalue weighted by Crippen LogP contribution is 2.46. The Hall–Kier alpha value is -1.75. The lowest BCUT2D eigenvalue weighted by molar-refractivity contribution is -0.121. The van der Waals surface area contributed by atoms with Crippen molar-refractivity contribution in [2.75, 3.05) is 5.32 Å². The van der Waals surface area contributed by atoms with Crippen molar-refractivity contribution >= 4 is 23.1 Å². The molecule has 1 aliphatic heterocycles. The molecule has 1 aliphatic carbocycles. The molecule has 1 unspecified atom stereocenters. The number of hydrogen-bond donors (Lipinski definition) is 1. The largest absolute Gasteiger partial charge is 0.310 e. The minimum Gasteiger partial charge on any atom is -0.310 e. The van der Waals surface area contributed by atoms with Crippen molar-refractivity contribution in [3.8, 4) is 0 Å². The third kappa shape index (κ3) is 1.17. The minimum absolute atomic E-state index is 0.0928. The van der Waals surface area contributed by atoms with Crippen LogP contribution in [0.5, 0.6) is 0 Å². The van der Waals surface area contributed by atoms with Gasteiger partial charge in [-0.25, -0.2) is 9.97 Å². The minimum atomic E-state index is -0.414. The summed E-state index contributed by atoms with van der Waals surface area (Å²) in [7, 11) is 0. The topological polar surface area (TPSA) is 54.9 Å². The van der Waals surface area contributed by atoms with Crippen LogP contribution >= 0.6 is 11.3 Å². The zero-order valence-electron chi connectivity index (χ0n) is 9.64. The number of pyridine rings is 1. The van der Waals surface area contributed by atoms with Crippen molar-refractivity contribution in [3.63, 3.8) is 0 Å². The molecule has 1 atom stereocenters. The Labute approximate surface area is 108 Å². The van der Waals surface area contributed by atoms with Gasteiger partial charge in [0, 0.05) is 23.1 Å². The van der Waals surface area contributed by atoms with Crippen LogP contribution in [0, 0.1) is 0 Å². The standard InChI is InChI=1S/C13H11N3OS/c17-12-13(8-2-1-5-14-11(8)16-12)4-3-9-10(6-13)18-7-15-9/h1-2,5,7H,3-4,6H2,(H,14,16,17). The van der Waals surface area contributed by atoms with E-state index in [0.717, 1.165) is 36.3 Å². The molecular formula is C13H11N3OS. The van der Waals surface area contributed by atoms with E-state index in [1.807, 2.05) is 17.6 Å². The van der Waals surface area contributed by atoms with E-state index >= 15 is 0 Å². The highest BCUT2D eigenvalue weighted by Gasteiger charge is 2.49. The lowest BCUT2D eigenvalue weighted by atomic mass is 9.71. The molecule has 5 heteroatoms. The molecule has 0 radical (unpaired) electrons. The van der Waals surface area contributed by atoms with E-state index < -0.39 is 5.41 Å². The first-order valence-corrected chi connectivity index (χ1v) is 6.86. The number of hydrogen-bond acceptors (Lipinski definition) is 4. The summed E-state index contributed by atoms with van der Waals surface area (Å²) in [5, 5.41) is 2.92. The fourth-order valence-corrected chi connectivity index (χ4v) is 3.93. The zero-order chi connectivity index (χ0) is 12.2. The number of rotatable bonds is 0. The molecule has 0 fully saturated rings. The SMILES string of the molecule is O=C1Nc2ncccc2C12CCc1ncsc1C2. The fraction of sp³-hybridized carbons (Fsp3) is 0.308. The molecule has 2 aromatic heterocycles. The highest BCUT2D eigenvalue weighted by atomic mass is 32.1. The first-order valence-electron chi connectivity index (χ1n) is 5.98. The van der Waals surface area contributed by atoms with Crippen LogP contribution in [0.2, 0.25) is 0 Å². The smallest absolute Gasteiger partial charge is 0.236 e. The maximum atomic E-state index is 12.4. The van der Waals surface area contributed by atoms with Gasteiger partial charge < -0.3 is 5.32 Å². The molecule has 4 rings (SSSR count). The first-order chi connectivity index (χ1) is 8.79. The summed E-state index contributed by atoms with van der Waals surface area (Å²) in [5.74, 6) is 0.825. The van der Waals surface area contributed by atoms with Crippen molar-refractivity contribution < 1.29 is 4.79 Å². The number of amides is 1. The summed E-state index contributed by atoms with van der Waals surface area (Å²) in [6.07, 6.45) is 4.19. The van der Waals surface area contributed by atoms with Gasteiger partial charge in [-0.2, -0.15) is 0 Å². The van der Waals surface area contributed by atoms with Crippen LogP contribution in [0.3, 0.4) is 0 Å². The number of aromatic nitrogens is 2. The molecule has 90 valence electrons. The van der Waals surface area contributed by atoms with Gasteiger partial charge >= 0.3 is 0 Å². The van der Waals surface area contributed by atoms with Gasteiger partial charge in [0.1, 0.15) is 5.82 Å². The second kappa shape index (κ2) is 3.38. The van der Waals surface area contributed by atoms with Gasteiger partial charge in [-0.05, 0) is 18.9 Å². The van der Waals surface area contributed by atoms with Crippen LogP contribution in [0.1, 0.15) is 22.6 Å². The van der Waals surface area contributed by atoms with Crippen molar-refractivity contribution in [2.24, 2.45) is 0 Å². The van der Waals surface area contributed by atoms with Crippen LogP contribution in [0.15, 0.2) is 23.8 Å². The second-order valence-corrected chi connectivity index (χ2v) is 5.77. The van der Waals surface area contributed by atoms with Crippen molar-refractivity contribution in [1.29, 1.82) is 0 Å². The van der Waals surface area contributed by atoms with Crippen LogP contribution in [0.4, 0.5) is 5.82 Å². The predicted molar refractivity (Wildman–Crippen MR) is 68.7 cm³/mol. The molecule has 0 bridgehead atoms. The molecule has 0 aromatic carbocycles. The van der Waals surface area contributed by atoms with Gasteiger partial charge in [0.15, 0.2) is 0 Å². The van der Waals surface area contributed by atoms with E-state index in [9.17, 15) is 4.79 Å². The van der Waals surface area contributed by atoms with Crippen molar-refractivity contribution in [1.82, 2.24) is 9.97 Å². The van der Waals surface area contributed by atoms with E-state index in [0.29, 0.717) is 0 Å². The number of nitrogens with zero attached hydrogens (tertiary/aromatic N) is 2. The summed E-state index contributed by atoms with van der Waals surface area (Å²) in [5.41, 5.74) is 3.67. The van der Waals surface area contributed by atoms with E-state index in [1.165, 1.54) is 4.88 Å². The Morgan fingerprint density at radius 1 is 1.39 bits per heavy atom. The molecule has 1 spiro atoms. The Kier molecular flexibility index (Phi) is 1.92. The van der Waals surface area contributed by atoms with Crippen molar-refractivity contribution in [2.45, 2.75) is 24.7 Å². The van der Waals surface area contributed by atoms with Crippen LogP contribution in [-0.4, -0.2) is 15.9 Å². The molecule has 2 aromatic rings. The van der Waals surface area contributed by atoms with Gasteiger partial charge in [0.05, 0.1) is 16.6 Å². The van der Waals surface area contributed by atoms with Crippen molar-refractivity contribution in [3.05, 3.63) is 40.0 Å². The summed E-state index contributed by atoms with van der Waals surface area (Å²) in [6, 6.07) is 3.93. The molecule has 1 N–H and O–H groups in total. The number of carbonyl (C=O) groups excluding carboxylic acids is 1. The molecule has 3 heterocycles. The molecule has 18 heavy (non-hydrogen) atoms. The fourth-order valence-electron chi connectivity index (χ4n) is 3.00. The molecule has 2 aliphatic rings. The maximum absolute atomic E-state index is 12.4. The van der Waals surface area contributed by atoms with Crippen LogP contribution in [0.25, 0.3) is 0 Å². The monoisotopic (exact) mass is 257 g/mol. The number of aryl methyl sites for hydroxylation is 1. The quantitative estimate of drug-likeness (QED) is 0.784. The van der Waals surface area contributed by atoms with Gasteiger partial charge in [0.2, 0.25) is 5.91 Å². The van der Waals surface area contributed by atoms with E-state index in [-0.39, 0.29) is 5.91 Å². The number of carbonyl (C=O) groups is 1. The molecule has 0 saturated carbocycles. The highest BCUT2D eigenvalue weighted by molar-refractivity contribution is 7.09. The third-order valence-corrected chi connectivity index (χ3v) is 4.84. The van der Waals surface area contributed by atoms with Crippen LogP contribution in [-0.2, 0) is 23.1 Å². The third-order valence-electron chi connectivity index (χ3n) is 3.97. The molecule has 4 nitrogen and oxygen atoms in total. The summed E-state index contributed by atoms with van der Waals surface area (Å²) in [6.45, 7) is 0. The molecular weight excluding hydrogens is 246 g/mol. The van der Waals surface area contributed by atoms with Gasteiger partial charge in [-0.15, -0.1) is 11.3 Å². The summed E-state index contributed by atoms with van der Waals surface area (Å²) in [4.78, 5) is 22.2. The Bertz CT molecular complexity index is 651. The van der Waals surface area contributed by atoms with Gasteiger partial charge in [0.25, 0.3) is 0 Å². The first kappa shape index (κ1) is 10.2. The molecule has 1 amide bonds. The zero-order valence-corrected chi connectivity index (χ0v) is 10.5. The molecule has 0 saturated heterocycles. The number of thiazole rings is 1.